The monoisotopic (exact) mass is 280 g/mol. The molecule has 0 saturated heterocycles. The van der Waals surface area contributed by atoms with Gasteiger partial charge in [0.05, 0.1) is 5.02 Å². The third kappa shape index (κ3) is 3.55. The van der Waals surface area contributed by atoms with Crippen LogP contribution in [0.3, 0.4) is 0 Å². The Labute approximate surface area is 115 Å². The summed E-state index contributed by atoms with van der Waals surface area (Å²) < 4.78 is 0. The van der Waals surface area contributed by atoms with Crippen LogP contribution in [0.15, 0.2) is 29.8 Å². The number of nitrogens with zero attached hydrogens (tertiary/aromatic N) is 1. The fraction of sp³-hybridized carbons (Fsp3) is 0.231. The average molecular weight is 281 g/mol. The molecule has 0 radical (unpaired) electrons. The van der Waals surface area contributed by atoms with Crippen molar-refractivity contribution in [1.82, 2.24) is 4.98 Å². The lowest BCUT2D eigenvalue weighted by Crippen LogP contribution is -2.13. The van der Waals surface area contributed by atoms with Gasteiger partial charge in [-0.25, -0.2) is 4.98 Å². The molecule has 18 heavy (non-hydrogen) atoms. The van der Waals surface area contributed by atoms with E-state index in [-0.39, 0.29) is 5.91 Å². The molecule has 0 aliphatic carbocycles. The number of thiophene rings is 1. The van der Waals surface area contributed by atoms with E-state index in [1.165, 1.54) is 0 Å². The van der Waals surface area contributed by atoms with Gasteiger partial charge in [0, 0.05) is 22.9 Å². The highest BCUT2D eigenvalue weighted by molar-refractivity contribution is 7.10. The first kappa shape index (κ1) is 13.1. The number of amides is 1. The van der Waals surface area contributed by atoms with Crippen molar-refractivity contribution in [3.05, 3.63) is 45.2 Å². The molecule has 2 aromatic heterocycles. The van der Waals surface area contributed by atoms with Crippen molar-refractivity contribution in [2.45, 2.75) is 19.8 Å². The van der Waals surface area contributed by atoms with Crippen LogP contribution in [0, 0.1) is 6.92 Å². The van der Waals surface area contributed by atoms with Gasteiger partial charge in [-0.05, 0) is 31.0 Å². The fourth-order valence-electron chi connectivity index (χ4n) is 1.53. The molecule has 2 heterocycles. The third-order valence-corrected chi connectivity index (χ3v) is 3.83. The highest BCUT2D eigenvalue weighted by Gasteiger charge is 2.06. The molecule has 0 aromatic carbocycles. The van der Waals surface area contributed by atoms with Gasteiger partial charge in [0.2, 0.25) is 5.91 Å². The van der Waals surface area contributed by atoms with Crippen LogP contribution in [-0.4, -0.2) is 10.9 Å². The van der Waals surface area contributed by atoms with Gasteiger partial charge in [0.1, 0.15) is 5.82 Å². The van der Waals surface area contributed by atoms with Crippen LogP contribution in [-0.2, 0) is 11.2 Å². The second-order valence-corrected chi connectivity index (χ2v) is 5.38. The highest BCUT2D eigenvalue weighted by atomic mass is 35.5. The number of carbonyl (C=O) groups is 1. The number of nitrogens with one attached hydrogen (secondary N) is 1. The van der Waals surface area contributed by atoms with Crippen molar-refractivity contribution >= 4 is 34.7 Å². The third-order valence-electron chi connectivity index (χ3n) is 2.49. The molecular formula is C13H13ClN2OS. The van der Waals surface area contributed by atoms with Gasteiger partial charge in [-0.1, -0.05) is 17.7 Å². The van der Waals surface area contributed by atoms with E-state index in [1.807, 2.05) is 30.5 Å². The molecule has 0 aliphatic heterocycles. The van der Waals surface area contributed by atoms with E-state index >= 15 is 0 Å². The fourth-order valence-corrected chi connectivity index (χ4v) is 2.61. The number of carbonyl (C=O) groups excluding carboxylic acids is 1. The maximum absolute atomic E-state index is 11.8. The summed E-state index contributed by atoms with van der Waals surface area (Å²) in [5, 5.41) is 5.41. The summed E-state index contributed by atoms with van der Waals surface area (Å²) in [4.78, 5) is 17.0. The first-order valence-electron chi connectivity index (χ1n) is 5.59. The molecule has 0 atom stereocenters. The summed E-state index contributed by atoms with van der Waals surface area (Å²) >= 11 is 7.40. The maximum Gasteiger partial charge on any atom is 0.225 e. The zero-order valence-corrected chi connectivity index (χ0v) is 11.5. The quantitative estimate of drug-likeness (QED) is 0.928. The zero-order chi connectivity index (χ0) is 13.0. The van der Waals surface area contributed by atoms with Crippen molar-refractivity contribution in [3.8, 4) is 0 Å². The Morgan fingerprint density at radius 1 is 1.56 bits per heavy atom. The summed E-state index contributed by atoms with van der Waals surface area (Å²) in [6, 6.07) is 5.66. The van der Waals surface area contributed by atoms with Crippen LogP contribution >= 0.6 is 22.9 Å². The molecule has 0 fully saturated rings. The number of aryl methyl sites for hydroxylation is 2. The zero-order valence-electron chi connectivity index (χ0n) is 9.94. The largest absolute Gasteiger partial charge is 0.310 e. The smallest absolute Gasteiger partial charge is 0.225 e. The average Bonchev–Trinajstić information content (AvgIpc) is 2.76. The van der Waals surface area contributed by atoms with Gasteiger partial charge >= 0.3 is 0 Å². The minimum atomic E-state index is -0.0266. The maximum atomic E-state index is 11.8. The van der Waals surface area contributed by atoms with Gasteiger partial charge in [-0.15, -0.1) is 11.3 Å². The molecule has 2 aromatic rings. The lowest BCUT2D eigenvalue weighted by molar-refractivity contribution is -0.116. The number of rotatable bonds is 4. The lowest BCUT2D eigenvalue weighted by Gasteiger charge is -2.06. The predicted octanol–water partition coefficient (Wildman–Crippen LogP) is 3.68. The Balaban J connectivity index is 1.88. The second-order valence-electron chi connectivity index (χ2n) is 3.95. The molecule has 3 nitrogen and oxygen atoms in total. The minimum Gasteiger partial charge on any atom is -0.310 e. The van der Waals surface area contributed by atoms with Crippen molar-refractivity contribution < 1.29 is 4.79 Å². The molecule has 0 unspecified atom stereocenters. The Kier molecular flexibility index (Phi) is 4.33. The first-order chi connectivity index (χ1) is 8.65. The molecule has 0 aliphatic rings. The Morgan fingerprint density at radius 3 is 3.06 bits per heavy atom. The molecule has 94 valence electrons. The van der Waals surface area contributed by atoms with E-state index in [4.69, 9.17) is 11.6 Å². The Morgan fingerprint density at radius 2 is 2.39 bits per heavy atom. The summed E-state index contributed by atoms with van der Waals surface area (Å²) in [6.07, 6.45) is 2.81. The molecule has 0 bridgehead atoms. The van der Waals surface area contributed by atoms with E-state index in [0.717, 1.165) is 15.5 Å². The van der Waals surface area contributed by atoms with Gasteiger partial charge < -0.3 is 5.32 Å². The predicted molar refractivity (Wildman–Crippen MR) is 75.3 cm³/mol. The van der Waals surface area contributed by atoms with Gasteiger partial charge in [-0.2, -0.15) is 0 Å². The van der Waals surface area contributed by atoms with Crippen molar-refractivity contribution in [2.24, 2.45) is 0 Å². The number of halogens is 1. The molecular weight excluding hydrogens is 268 g/mol. The van der Waals surface area contributed by atoms with E-state index in [1.54, 1.807) is 17.5 Å². The first-order valence-corrected chi connectivity index (χ1v) is 6.85. The summed E-state index contributed by atoms with van der Waals surface area (Å²) in [5.74, 6) is 0.605. The summed E-state index contributed by atoms with van der Waals surface area (Å²) in [6.45, 7) is 1.92. The number of hydrogen-bond acceptors (Lipinski definition) is 3. The molecule has 5 heteroatoms. The lowest BCUT2D eigenvalue weighted by atomic mass is 10.2. The standard InChI is InChI=1S/C13H13ClN2OS/c1-9-3-2-6-15-13(9)16-12(17)5-4-11-7-10(14)8-18-11/h2-3,6-8H,4-5H2,1H3,(H,15,16,17). The number of aromatic nitrogens is 1. The van der Waals surface area contributed by atoms with Gasteiger partial charge in [0.25, 0.3) is 0 Å². The Hall–Kier alpha value is -1.39. The summed E-state index contributed by atoms with van der Waals surface area (Å²) in [5.41, 5.74) is 0.963. The van der Waals surface area contributed by atoms with E-state index < -0.39 is 0 Å². The van der Waals surface area contributed by atoms with E-state index in [9.17, 15) is 4.79 Å². The van der Waals surface area contributed by atoms with Crippen LogP contribution in [0.5, 0.6) is 0 Å². The molecule has 0 saturated carbocycles. The number of pyridine rings is 1. The second kappa shape index (κ2) is 5.98. The SMILES string of the molecule is Cc1cccnc1NC(=O)CCc1cc(Cl)cs1. The molecule has 0 spiro atoms. The van der Waals surface area contributed by atoms with Crippen molar-refractivity contribution in [2.75, 3.05) is 5.32 Å². The highest BCUT2D eigenvalue weighted by Crippen LogP contribution is 2.20. The van der Waals surface area contributed by atoms with Crippen LogP contribution in [0.1, 0.15) is 16.9 Å². The minimum absolute atomic E-state index is 0.0266. The van der Waals surface area contributed by atoms with Crippen LogP contribution < -0.4 is 5.32 Å². The summed E-state index contributed by atoms with van der Waals surface area (Å²) in [7, 11) is 0. The van der Waals surface area contributed by atoms with Crippen molar-refractivity contribution in [3.63, 3.8) is 0 Å². The van der Waals surface area contributed by atoms with Crippen LogP contribution in [0.2, 0.25) is 5.02 Å². The van der Waals surface area contributed by atoms with E-state index in [0.29, 0.717) is 18.7 Å². The van der Waals surface area contributed by atoms with Gasteiger partial charge in [0.15, 0.2) is 0 Å². The van der Waals surface area contributed by atoms with Gasteiger partial charge in [-0.3, -0.25) is 4.79 Å². The van der Waals surface area contributed by atoms with Crippen molar-refractivity contribution in [1.29, 1.82) is 0 Å². The topological polar surface area (TPSA) is 42.0 Å². The number of hydrogen-bond donors (Lipinski definition) is 1. The van der Waals surface area contributed by atoms with Crippen LogP contribution in [0.4, 0.5) is 5.82 Å². The van der Waals surface area contributed by atoms with Crippen LogP contribution in [0.25, 0.3) is 0 Å². The molecule has 2 rings (SSSR count). The Bertz CT molecular complexity index is 553. The normalized spacial score (nSPS) is 10.3. The molecule has 1 amide bonds. The number of anilines is 1. The molecule has 1 N–H and O–H groups in total. The van der Waals surface area contributed by atoms with E-state index in [2.05, 4.69) is 10.3 Å².